The highest BCUT2D eigenvalue weighted by Gasteiger charge is 2.15. The summed E-state index contributed by atoms with van der Waals surface area (Å²) in [7, 11) is 0. The van der Waals surface area contributed by atoms with Crippen molar-refractivity contribution in [2.45, 2.75) is 32.7 Å². The van der Waals surface area contributed by atoms with Crippen LogP contribution in [0, 0.1) is 5.92 Å². The molecule has 2 unspecified atom stereocenters. The SMILES string of the molecule is CCC(CN)CC(=O)NC(C)c1ccc(Cl)cc1Cl. The average molecular weight is 303 g/mol. The normalized spacial score (nSPS) is 13.9. The summed E-state index contributed by atoms with van der Waals surface area (Å²) < 4.78 is 0. The topological polar surface area (TPSA) is 55.1 Å². The van der Waals surface area contributed by atoms with Crippen molar-refractivity contribution < 1.29 is 4.79 Å². The standard InChI is InChI=1S/C14H20Cl2N2O/c1-3-10(8-17)6-14(19)18-9(2)12-5-4-11(15)7-13(12)16/h4-5,7,9-10H,3,6,8,17H2,1-2H3,(H,18,19). The number of carbonyl (C=O) groups excluding carboxylic acids is 1. The van der Waals surface area contributed by atoms with E-state index in [1.54, 1.807) is 12.1 Å². The minimum atomic E-state index is -0.146. The molecule has 3 nitrogen and oxygen atoms in total. The van der Waals surface area contributed by atoms with E-state index in [9.17, 15) is 4.79 Å². The molecule has 0 aromatic heterocycles. The number of nitrogens with one attached hydrogen (secondary N) is 1. The van der Waals surface area contributed by atoms with Gasteiger partial charge in [0.1, 0.15) is 0 Å². The maximum atomic E-state index is 11.9. The predicted molar refractivity (Wildman–Crippen MR) is 80.5 cm³/mol. The van der Waals surface area contributed by atoms with Crippen molar-refractivity contribution in [3.8, 4) is 0 Å². The lowest BCUT2D eigenvalue weighted by Crippen LogP contribution is -2.30. The van der Waals surface area contributed by atoms with Crippen LogP contribution in [0.3, 0.4) is 0 Å². The minimum Gasteiger partial charge on any atom is -0.350 e. The van der Waals surface area contributed by atoms with Crippen molar-refractivity contribution in [1.82, 2.24) is 5.32 Å². The first-order chi connectivity index (χ1) is 8.97. The molecule has 0 aliphatic heterocycles. The van der Waals surface area contributed by atoms with E-state index >= 15 is 0 Å². The van der Waals surface area contributed by atoms with Crippen LogP contribution in [0.4, 0.5) is 0 Å². The van der Waals surface area contributed by atoms with Gasteiger partial charge in [-0.25, -0.2) is 0 Å². The first-order valence-corrected chi connectivity index (χ1v) is 7.17. The van der Waals surface area contributed by atoms with Crippen molar-refractivity contribution >= 4 is 29.1 Å². The summed E-state index contributed by atoms with van der Waals surface area (Å²) in [4.78, 5) is 11.9. The molecule has 0 saturated heterocycles. The molecule has 0 aliphatic rings. The van der Waals surface area contributed by atoms with Crippen LogP contribution in [-0.4, -0.2) is 12.5 Å². The zero-order valence-corrected chi connectivity index (χ0v) is 12.8. The highest BCUT2D eigenvalue weighted by atomic mass is 35.5. The lowest BCUT2D eigenvalue weighted by atomic mass is 10.0. The Labute approximate surface area is 124 Å². The first kappa shape index (κ1) is 16.3. The van der Waals surface area contributed by atoms with Crippen LogP contribution >= 0.6 is 23.2 Å². The van der Waals surface area contributed by atoms with E-state index in [4.69, 9.17) is 28.9 Å². The molecule has 0 fully saturated rings. The maximum Gasteiger partial charge on any atom is 0.220 e. The summed E-state index contributed by atoms with van der Waals surface area (Å²) in [6.45, 7) is 4.46. The molecule has 0 aliphatic carbocycles. The number of amides is 1. The molecule has 1 aromatic rings. The van der Waals surface area contributed by atoms with E-state index in [1.165, 1.54) is 0 Å². The number of rotatable bonds is 6. The predicted octanol–water partition coefficient (Wildman–Crippen LogP) is 3.55. The Morgan fingerprint density at radius 3 is 2.63 bits per heavy atom. The number of benzene rings is 1. The zero-order chi connectivity index (χ0) is 14.4. The second-order valence-corrected chi connectivity index (χ2v) is 5.51. The highest BCUT2D eigenvalue weighted by molar-refractivity contribution is 6.35. The van der Waals surface area contributed by atoms with Gasteiger partial charge < -0.3 is 11.1 Å². The third-order valence-corrected chi connectivity index (χ3v) is 3.75. The van der Waals surface area contributed by atoms with Gasteiger partial charge in [-0.05, 0) is 37.1 Å². The fraction of sp³-hybridized carbons (Fsp3) is 0.500. The first-order valence-electron chi connectivity index (χ1n) is 6.42. The molecular formula is C14H20Cl2N2O. The second kappa shape index (κ2) is 7.73. The highest BCUT2D eigenvalue weighted by Crippen LogP contribution is 2.26. The van der Waals surface area contributed by atoms with Crippen LogP contribution in [0.2, 0.25) is 10.0 Å². The van der Waals surface area contributed by atoms with Crippen molar-refractivity contribution in [3.05, 3.63) is 33.8 Å². The molecule has 1 aromatic carbocycles. The molecule has 19 heavy (non-hydrogen) atoms. The second-order valence-electron chi connectivity index (χ2n) is 4.67. The Kier molecular flexibility index (Phi) is 6.63. The summed E-state index contributed by atoms with van der Waals surface area (Å²) in [6, 6.07) is 5.12. The summed E-state index contributed by atoms with van der Waals surface area (Å²) in [5.41, 5.74) is 6.46. The number of hydrogen-bond acceptors (Lipinski definition) is 2. The molecule has 3 N–H and O–H groups in total. The van der Waals surface area contributed by atoms with Crippen LogP contribution in [0.1, 0.15) is 38.3 Å². The van der Waals surface area contributed by atoms with E-state index in [2.05, 4.69) is 5.32 Å². The van der Waals surface area contributed by atoms with Crippen LogP contribution < -0.4 is 11.1 Å². The molecule has 1 amide bonds. The van der Waals surface area contributed by atoms with Crippen molar-refractivity contribution in [3.63, 3.8) is 0 Å². The Morgan fingerprint density at radius 1 is 1.42 bits per heavy atom. The molecule has 5 heteroatoms. The monoisotopic (exact) mass is 302 g/mol. The molecule has 0 bridgehead atoms. The van der Waals surface area contributed by atoms with Crippen LogP contribution in [0.25, 0.3) is 0 Å². The van der Waals surface area contributed by atoms with E-state index < -0.39 is 0 Å². The van der Waals surface area contributed by atoms with Crippen molar-refractivity contribution in [1.29, 1.82) is 0 Å². The van der Waals surface area contributed by atoms with Gasteiger partial charge in [-0.1, -0.05) is 42.6 Å². The molecule has 0 saturated carbocycles. The van der Waals surface area contributed by atoms with Gasteiger partial charge in [-0.2, -0.15) is 0 Å². The smallest absolute Gasteiger partial charge is 0.220 e. The van der Waals surface area contributed by atoms with Crippen LogP contribution in [0.5, 0.6) is 0 Å². The van der Waals surface area contributed by atoms with Crippen LogP contribution in [-0.2, 0) is 4.79 Å². The lowest BCUT2D eigenvalue weighted by Gasteiger charge is -2.18. The largest absolute Gasteiger partial charge is 0.350 e. The van der Waals surface area contributed by atoms with E-state index in [1.807, 2.05) is 19.9 Å². The number of nitrogens with two attached hydrogens (primary N) is 1. The van der Waals surface area contributed by atoms with E-state index in [-0.39, 0.29) is 17.9 Å². The van der Waals surface area contributed by atoms with E-state index in [0.717, 1.165) is 12.0 Å². The lowest BCUT2D eigenvalue weighted by molar-refractivity contribution is -0.122. The Morgan fingerprint density at radius 2 is 2.11 bits per heavy atom. The summed E-state index contributed by atoms with van der Waals surface area (Å²) in [6.07, 6.45) is 1.35. The summed E-state index contributed by atoms with van der Waals surface area (Å²) >= 11 is 12.0. The molecule has 0 spiro atoms. The fourth-order valence-corrected chi connectivity index (χ4v) is 2.46. The number of carbonyl (C=O) groups is 1. The van der Waals surface area contributed by atoms with Crippen molar-refractivity contribution in [2.24, 2.45) is 11.7 Å². The van der Waals surface area contributed by atoms with Crippen LogP contribution in [0.15, 0.2) is 18.2 Å². The summed E-state index contributed by atoms with van der Waals surface area (Å²) in [5, 5.41) is 4.08. The van der Waals surface area contributed by atoms with Gasteiger partial charge in [0.15, 0.2) is 0 Å². The maximum absolute atomic E-state index is 11.9. The van der Waals surface area contributed by atoms with Gasteiger partial charge in [-0.15, -0.1) is 0 Å². The third-order valence-electron chi connectivity index (χ3n) is 3.19. The molecule has 0 radical (unpaired) electrons. The Balaban J connectivity index is 2.63. The average Bonchev–Trinajstić information content (AvgIpc) is 2.35. The Bertz CT molecular complexity index is 433. The zero-order valence-electron chi connectivity index (χ0n) is 11.2. The summed E-state index contributed by atoms with van der Waals surface area (Å²) in [5.74, 6) is 0.226. The van der Waals surface area contributed by atoms with Crippen molar-refractivity contribution in [2.75, 3.05) is 6.54 Å². The number of hydrogen-bond donors (Lipinski definition) is 2. The van der Waals surface area contributed by atoms with Gasteiger partial charge in [0.2, 0.25) is 5.91 Å². The minimum absolute atomic E-state index is 0.00387. The van der Waals surface area contributed by atoms with Gasteiger partial charge in [0, 0.05) is 16.5 Å². The third kappa shape index (κ3) is 5.01. The quantitative estimate of drug-likeness (QED) is 0.844. The molecule has 2 atom stereocenters. The molecule has 106 valence electrons. The van der Waals surface area contributed by atoms with Gasteiger partial charge in [0.25, 0.3) is 0 Å². The van der Waals surface area contributed by atoms with E-state index in [0.29, 0.717) is 23.0 Å². The molecule has 0 heterocycles. The van der Waals surface area contributed by atoms with Gasteiger partial charge in [-0.3, -0.25) is 4.79 Å². The Hall–Kier alpha value is -0.770. The van der Waals surface area contributed by atoms with Gasteiger partial charge in [0.05, 0.1) is 6.04 Å². The van der Waals surface area contributed by atoms with Gasteiger partial charge >= 0.3 is 0 Å². The molecular weight excluding hydrogens is 283 g/mol. The molecule has 1 rings (SSSR count). The fourth-order valence-electron chi connectivity index (χ4n) is 1.89. The number of halogens is 2.